The van der Waals surface area contributed by atoms with Crippen molar-refractivity contribution in [1.29, 1.82) is 0 Å². The largest absolute Gasteiger partial charge is 0.255 e. The van der Waals surface area contributed by atoms with Gasteiger partial charge in [-0.25, -0.2) is 5.01 Å². The number of hydrazine groups is 1. The molecule has 0 saturated heterocycles. The van der Waals surface area contributed by atoms with Crippen LogP contribution in [0.5, 0.6) is 0 Å². The lowest BCUT2D eigenvalue weighted by Gasteiger charge is -2.17. The van der Waals surface area contributed by atoms with Gasteiger partial charge in [-0.2, -0.15) is 0 Å². The molecule has 72 valence electrons. The Hall–Kier alpha value is -0.860. The molecule has 0 fully saturated rings. The Morgan fingerprint density at radius 1 is 1.23 bits per heavy atom. The molecule has 0 aliphatic rings. The molecule has 0 aliphatic carbocycles. The zero-order valence-electron chi connectivity index (χ0n) is 8.46. The molecule has 1 N–H and O–H groups in total. The second-order valence-corrected chi connectivity index (χ2v) is 3.25. The third-order valence-corrected chi connectivity index (χ3v) is 1.89. The van der Waals surface area contributed by atoms with Gasteiger partial charge >= 0.3 is 0 Å². The Morgan fingerprint density at radius 3 is 2.54 bits per heavy atom. The average Bonchev–Trinajstić information content (AvgIpc) is 2.16. The van der Waals surface area contributed by atoms with Gasteiger partial charge < -0.3 is 0 Å². The number of hydrogen-bond donors (Lipinski definition) is 1. The molecule has 2 heteroatoms. The molecule has 0 aliphatic heterocycles. The normalized spacial score (nSPS) is 10.7. The molecule has 0 amide bonds. The standard InChI is InChI=1S/C11H18N2/c1-3-9-12-13(2)10-11-7-5-4-6-8-11/h4-8,12H,3,9-10H2,1-2H3. The molecule has 1 rings (SSSR count). The van der Waals surface area contributed by atoms with Crippen LogP contribution >= 0.6 is 0 Å². The summed E-state index contributed by atoms with van der Waals surface area (Å²) >= 11 is 0. The summed E-state index contributed by atoms with van der Waals surface area (Å²) in [5.74, 6) is 0. The molecule has 0 aromatic heterocycles. The van der Waals surface area contributed by atoms with Crippen LogP contribution in [0.2, 0.25) is 0 Å². The monoisotopic (exact) mass is 178 g/mol. The lowest BCUT2D eigenvalue weighted by Crippen LogP contribution is -2.34. The second kappa shape index (κ2) is 5.73. The molecule has 0 bridgehead atoms. The summed E-state index contributed by atoms with van der Waals surface area (Å²) in [6.45, 7) is 4.17. The molecule has 13 heavy (non-hydrogen) atoms. The smallest absolute Gasteiger partial charge is 0.0378 e. The van der Waals surface area contributed by atoms with Gasteiger partial charge in [-0.15, -0.1) is 0 Å². The zero-order chi connectivity index (χ0) is 9.52. The first-order chi connectivity index (χ1) is 6.33. The van der Waals surface area contributed by atoms with Crippen molar-refractivity contribution in [3.8, 4) is 0 Å². The van der Waals surface area contributed by atoms with Crippen LogP contribution in [0.1, 0.15) is 18.9 Å². The number of benzene rings is 1. The highest BCUT2D eigenvalue weighted by Gasteiger charge is 1.96. The number of hydrogen-bond acceptors (Lipinski definition) is 2. The minimum atomic E-state index is 0.959. The Kier molecular flexibility index (Phi) is 4.50. The van der Waals surface area contributed by atoms with Crippen LogP contribution in [0.25, 0.3) is 0 Å². The molecule has 0 spiro atoms. The predicted molar refractivity (Wildman–Crippen MR) is 56.2 cm³/mol. The molecule has 0 radical (unpaired) electrons. The van der Waals surface area contributed by atoms with Crippen molar-refractivity contribution in [1.82, 2.24) is 10.4 Å². The van der Waals surface area contributed by atoms with Crippen molar-refractivity contribution in [3.63, 3.8) is 0 Å². The summed E-state index contributed by atoms with van der Waals surface area (Å²) in [5, 5.41) is 2.12. The first-order valence-corrected chi connectivity index (χ1v) is 4.81. The second-order valence-electron chi connectivity index (χ2n) is 3.25. The van der Waals surface area contributed by atoms with Crippen molar-refractivity contribution in [2.75, 3.05) is 13.6 Å². The maximum absolute atomic E-state index is 3.31. The van der Waals surface area contributed by atoms with Crippen LogP contribution in [0, 0.1) is 0 Å². The van der Waals surface area contributed by atoms with E-state index in [4.69, 9.17) is 0 Å². The van der Waals surface area contributed by atoms with Gasteiger partial charge in [0.2, 0.25) is 0 Å². The Labute approximate surface area is 80.5 Å². The molecule has 0 unspecified atom stereocenters. The van der Waals surface area contributed by atoms with E-state index in [0.29, 0.717) is 0 Å². The first-order valence-electron chi connectivity index (χ1n) is 4.81. The van der Waals surface area contributed by atoms with E-state index in [0.717, 1.165) is 13.1 Å². The van der Waals surface area contributed by atoms with E-state index in [1.54, 1.807) is 0 Å². The summed E-state index contributed by atoms with van der Waals surface area (Å²) in [7, 11) is 2.07. The maximum atomic E-state index is 3.31. The van der Waals surface area contributed by atoms with Gasteiger partial charge in [0.05, 0.1) is 0 Å². The molecule has 0 saturated carbocycles. The number of nitrogens with one attached hydrogen (secondary N) is 1. The van der Waals surface area contributed by atoms with E-state index in [-0.39, 0.29) is 0 Å². The lowest BCUT2D eigenvalue weighted by molar-refractivity contribution is 0.227. The number of nitrogens with zero attached hydrogens (tertiary/aromatic N) is 1. The quantitative estimate of drug-likeness (QED) is 0.694. The summed E-state index contributed by atoms with van der Waals surface area (Å²) in [4.78, 5) is 0. The third-order valence-electron chi connectivity index (χ3n) is 1.89. The van der Waals surface area contributed by atoms with Crippen molar-refractivity contribution in [3.05, 3.63) is 35.9 Å². The summed E-state index contributed by atoms with van der Waals surface area (Å²) < 4.78 is 0. The molecular formula is C11H18N2. The SMILES string of the molecule is CCCNN(C)Cc1ccccc1. The van der Waals surface area contributed by atoms with Gasteiger partial charge in [-0.1, -0.05) is 37.3 Å². The van der Waals surface area contributed by atoms with Crippen LogP contribution in [-0.2, 0) is 6.54 Å². The summed E-state index contributed by atoms with van der Waals surface area (Å²) in [6.07, 6.45) is 1.17. The molecule has 1 aromatic rings. The van der Waals surface area contributed by atoms with Crippen LogP contribution < -0.4 is 5.43 Å². The highest BCUT2D eigenvalue weighted by molar-refractivity contribution is 5.14. The summed E-state index contributed by atoms with van der Waals surface area (Å²) in [6, 6.07) is 10.5. The molecule has 0 atom stereocenters. The maximum Gasteiger partial charge on any atom is 0.0378 e. The van der Waals surface area contributed by atoms with Crippen molar-refractivity contribution in [2.24, 2.45) is 0 Å². The topological polar surface area (TPSA) is 15.3 Å². The van der Waals surface area contributed by atoms with Gasteiger partial charge in [0, 0.05) is 20.1 Å². The summed E-state index contributed by atoms with van der Waals surface area (Å²) in [5.41, 5.74) is 4.66. The number of rotatable bonds is 5. The van der Waals surface area contributed by atoms with E-state index >= 15 is 0 Å². The van der Waals surface area contributed by atoms with Crippen LogP contribution in [-0.4, -0.2) is 18.6 Å². The fraction of sp³-hybridized carbons (Fsp3) is 0.455. The minimum absolute atomic E-state index is 0.959. The zero-order valence-corrected chi connectivity index (χ0v) is 8.46. The molecular weight excluding hydrogens is 160 g/mol. The predicted octanol–water partition coefficient (Wildman–Crippen LogP) is 2.03. The Morgan fingerprint density at radius 2 is 1.92 bits per heavy atom. The fourth-order valence-corrected chi connectivity index (χ4v) is 1.22. The average molecular weight is 178 g/mol. The highest BCUT2D eigenvalue weighted by Crippen LogP contribution is 2.00. The Bertz CT molecular complexity index is 221. The lowest BCUT2D eigenvalue weighted by atomic mass is 10.2. The van der Waals surface area contributed by atoms with E-state index in [9.17, 15) is 0 Å². The van der Waals surface area contributed by atoms with Crippen LogP contribution in [0.3, 0.4) is 0 Å². The van der Waals surface area contributed by atoms with E-state index in [1.807, 2.05) is 6.07 Å². The highest BCUT2D eigenvalue weighted by atomic mass is 15.5. The van der Waals surface area contributed by atoms with Crippen molar-refractivity contribution >= 4 is 0 Å². The molecule has 1 aromatic carbocycles. The van der Waals surface area contributed by atoms with Gasteiger partial charge in [-0.05, 0) is 12.0 Å². The van der Waals surface area contributed by atoms with E-state index in [2.05, 4.69) is 48.7 Å². The first kappa shape index (κ1) is 10.2. The Balaban J connectivity index is 2.32. The van der Waals surface area contributed by atoms with Crippen molar-refractivity contribution < 1.29 is 0 Å². The van der Waals surface area contributed by atoms with Crippen LogP contribution in [0.15, 0.2) is 30.3 Å². The van der Waals surface area contributed by atoms with Gasteiger partial charge in [-0.3, -0.25) is 5.43 Å². The molecule has 0 heterocycles. The van der Waals surface area contributed by atoms with Gasteiger partial charge in [0.15, 0.2) is 0 Å². The van der Waals surface area contributed by atoms with Gasteiger partial charge in [0.1, 0.15) is 0 Å². The van der Waals surface area contributed by atoms with E-state index in [1.165, 1.54) is 12.0 Å². The van der Waals surface area contributed by atoms with Crippen molar-refractivity contribution in [2.45, 2.75) is 19.9 Å². The van der Waals surface area contributed by atoms with E-state index < -0.39 is 0 Å². The van der Waals surface area contributed by atoms with Gasteiger partial charge in [0.25, 0.3) is 0 Å². The fourth-order valence-electron chi connectivity index (χ4n) is 1.22. The van der Waals surface area contributed by atoms with Crippen LogP contribution in [0.4, 0.5) is 0 Å². The minimum Gasteiger partial charge on any atom is -0.255 e. The third kappa shape index (κ3) is 4.06. The molecule has 2 nitrogen and oxygen atoms in total.